The monoisotopic (exact) mass is 427 g/mol. The van der Waals surface area contributed by atoms with Crippen molar-refractivity contribution in [2.24, 2.45) is 0 Å². The predicted octanol–water partition coefficient (Wildman–Crippen LogP) is 5.79. The summed E-state index contributed by atoms with van der Waals surface area (Å²) in [5.74, 6) is 1.11. The average molecular weight is 428 g/mol. The molecule has 4 rings (SSSR count). The molecular formula is C26H25N3O3. The van der Waals surface area contributed by atoms with Crippen molar-refractivity contribution in [1.29, 1.82) is 0 Å². The standard InChI is InChI=1S/C26H25N3O3/c1-15-6-5-7-20(12-15)16(2)27-25-22-13-21(18-8-10-19(11-9-18)26(30)31)24(32-4)14-23(22)28-17(3)29-25/h5-14,16H,1-4H3,(H,30,31)(H,27,28,29)/t16-/m1/s1. The van der Waals surface area contributed by atoms with Crippen LogP contribution in [0.25, 0.3) is 22.0 Å². The lowest BCUT2D eigenvalue weighted by Crippen LogP contribution is -2.10. The molecule has 1 atom stereocenters. The van der Waals surface area contributed by atoms with Crippen molar-refractivity contribution >= 4 is 22.7 Å². The van der Waals surface area contributed by atoms with Gasteiger partial charge in [0.1, 0.15) is 17.4 Å². The molecule has 0 saturated carbocycles. The van der Waals surface area contributed by atoms with Crippen molar-refractivity contribution in [2.45, 2.75) is 26.8 Å². The molecule has 1 heterocycles. The molecule has 0 amide bonds. The van der Waals surface area contributed by atoms with Gasteiger partial charge in [0.25, 0.3) is 0 Å². The topological polar surface area (TPSA) is 84.3 Å². The molecule has 0 aliphatic heterocycles. The largest absolute Gasteiger partial charge is 0.496 e. The number of anilines is 1. The lowest BCUT2D eigenvalue weighted by Gasteiger charge is -2.18. The first-order valence-corrected chi connectivity index (χ1v) is 10.4. The van der Waals surface area contributed by atoms with Gasteiger partial charge in [-0.3, -0.25) is 0 Å². The number of carboxylic acid groups (broad SMARTS) is 1. The quantitative estimate of drug-likeness (QED) is 0.405. The number of nitrogens with zero attached hydrogens (tertiary/aromatic N) is 2. The molecule has 4 aromatic rings. The van der Waals surface area contributed by atoms with E-state index in [9.17, 15) is 9.90 Å². The van der Waals surface area contributed by atoms with Crippen LogP contribution in [0.1, 0.15) is 40.3 Å². The summed E-state index contributed by atoms with van der Waals surface area (Å²) in [5.41, 5.74) is 5.09. The SMILES string of the molecule is COc1cc2nc(C)nc(N[C@H](C)c3cccc(C)c3)c2cc1-c1ccc(C(=O)O)cc1. The fourth-order valence-corrected chi connectivity index (χ4v) is 3.80. The zero-order valence-electron chi connectivity index (χ0n) is 18.5. The minimum Gasteiger partial charge on any atom is -0.496 e. The third-order valence-corrected chi connectivity index (χ3v) is 5.47. The fraction of sp³-hybridized carbons (Fsp3) is 0.192. The van der Waals surface area contributed by atoms with Crippen LogP contribution in [0, 0.1) is 13.8 Å². The first-order chi connectivity index (χ1) is 15.4. The fourth-order valence-electron chi connectivity index (χ4n) is 3.80. The molecule has 0 unspecified atom stereocenters. The molecule has 6 heteroatoms. The van der Waals surface area contributed by atoms with E-state index in [1.54, 1.807) is 31.4 Å². The number of methoxy groups -OCH3 is 1. The Balaban J connectivity index is 1.81. The molecule has 0 aliphatic carbocycles. The van der Waals surface area contributed by atoms with E-state index < -0.39 is 5.97 Å². The first kappa shape index (κ1) is 21.3. The van der Waals surface area contributed by atoms with Crippen LogP contribution in [0.5, 0.6) is 5.75 Å². The summed E-state index contributed by atoms with van der Waals surface area (Å²) in [6.07, 6.45) is 0. The second-order valence-electron chi connectivity index (χ2n) is 7.85. The molecule has 0 saturated heterocycles. The number of ether oxygens (including phenoxy) is 1. The summed E-state index contributed by atoms with van der Waals surface area (Å²) < 4.78 is 5.63. The number of hydrogen-bond acceptors (Lipinski definition) is 5. The van der Waals surface area contributed by atoms with E-state index in [4.69, 9.17) is 4.74 Å². The number of hydrogen-bond donors (Lipinski definition) is 2. The van der Waals surface area contributed by atoms with Crippen LogP contribution in [-0.2, 0) is 0 Å². The van der Waals surface area contributed by atoms with Crippen LogP contribution in [0.4, 0.5) is 5.82 Å². The Morgan fingerprint density at radius 1 is 1.03 bits per heavy atom. The maximum Gasteiger partial charge on any atom is 0.335 e. The highest BCUT2D eigenvalue weighted by molar-refractivity contribution is 5.96. The van der Waals surface area contributed by atoms with E-state index in [2.05, 4.69) is 53.4 Å². The van der Waals surface area contributed by atoms with Gasteiger partial charge in [-0.05, 0) is 50.1 Å². The number of fused-ring (bicyclic) bond motifs is 1. The number of aromatic carboxylic acids is 1. The zero-order valence-corrected chi connectivity index (χ0v) is 18.5. The van der Waals surface area contributed by atoms with Crippen molar-refractivity contribution in [2.75, 3.05) is 12.4 Å². The Bertz CT molecular complexity index is 1300. The number of aromatic nitrogens is 2. The molecule has 0 spiro atoms. The highest BCUT2D eigenvalue weighted by Crippen LogP contribution is 2.36. The van der Waals surface area contributed by atoms with Crippen molar-refractivity contribution in [3.05, 3.63) is 83.2 Å². The second kappa shape index (κ2) is 8.67. The minimum atomic E-state index is -0.956. The van der Waals surface area contributed by atoms with Crippen LogP contribution < -0.4 is 10.1 Å². The summed E-state index contributed by atoms with van der Waals surface area (Å²) in [7, 11) is 1.61. The zero-order chi connectivity index (χ0) is 22.8. The third kappa shape index (κ3) is 4.25. The number of nitrogens with one attached hydrogen (secondary N) is 1. The Morgan fingerprint density at radius 3 is 2.44 bits per heavy atom. The van der Waals surface area contributed by atoms with Gasteiger partial charge in [0.2, 0.25) is 0 Å². The number of rotatable bonds is 6. The van der Waals surface area contributed by atoms with Crippen molar-refractivity contribution in [1.82, 2.24) is 9.97 Å². The van der Waals surface area contributed by atoms with Gasteiger partial charge < -0.3 is 15.2 Å². The molecule has 32 heavy (non-hydrogen) atoms. The van der Waals surface area contributed by atoms with Gasteiger partial charge in [0, 0.05) is 23.1 Å². The van der Waals surface area contributed by atoms with E-state index in [-0.39, 0.29) is 11.6 Å². The lowest BCUT2D eigenvalue weighted by molar-refractivity contribution is 0.0697. The number of aryl methyl sites for hydroxylation is 2. The first-order valence-electron chi connectivity index (χ1n) is 10.4. The summed E-state index contributed by atoms with van der Waals surface area (Å²) in [6, 6.07) is 19.1. The highest BCUT2D eigenvalue weighted by atomic mass is 16.5. The Morgan fingerprint density at radius 2 is 1.78 bits per heavy atom. The van der Waals surface area contributed by atoms with Crippen LogP contribution >= 0.6 is 0 Å². The van der Waals surface area contributed by atoms with E-state index >= 15 is 0 Å². The van der Waals surface area contributed by atoms with Crippen LogP contribution in [0.3, 0.4) is 0 Å². The maximum absolute atomic E-state index is 11.2. The van der Waals surface area contributed by atoms with E-state index in [1.165, 1.54) is 11.1 Å². The second-order valence-corrected chi connectivity index (χ2v) is 7.85. The molecule has 6 nitrogen and oxygen atoms in total. The van der Waals surface area contributed by atoms with Crippen LogP contribution in [-0.4, -0.2) is 28.2 Å². The predicted molar refractivity (Wildman–Crippen MR) is 126 cm³/mol. The van der Waals surface area contributed by atoms with Gasteiger partial charge in [0.05, 0.1) is 18.2 Å². The average Bonchev–Trinajstić information content (AvgIpc) is 2.78. The minimum absolute atomic E-state index is 0.0489. The number of carboxylic acids is 1. The maximum atomic E-state index is 11.2. The van der Waals surface area contributed by atoms with Gasteiger partial charge in [-0.1, -0.05) is 42.0 Å². The summed E-state index contributed by atoms with van der Waals surface area (Å²) >= 11 is 0. The van der Waals surface area contributed by atoms with Crippen molar-refractivity contribution in [3.8, 4) is 16.9 Å². The number of carbonyl (C=O) groups is 1. The molecule has 0 radical (unpaired) electrons. The highest BCUT2D eigenvalue weighted by Gasteiger charge is 2.16. The third-order valence-electron chi connectivity index (χ3n) is 5.47. The Hall–Kier alpha value is -3.93. The Labute approximate surface area is 186 Å². The molecule has 3 aromatic carbocycles. The van der Waals surface area contributed by atoms with Crippen LogP contribution in [0.2, 0.25) is 0 Å². The van der Waals surface area contributed by atoms with Crippen LogP contribution in [0.15, 0.2) is 60.7 Å². The smallest absolute Gasteiger partial charge is 0.335 e. The molecule has 0 fully saturated rings. The summed E-state index contributed by atoms with van der Waals surface area (Å²) in [5, 5.41) is 13.6. The molecule has 162 valence electrons. The molecule has 0 bridgehead atoms. The lowest BCUT2D eigenvalue weighted by atomic mass is 10.0. The molecule has 0 aliphatic rings. The molecular weight excluding hydrogens is 402 g/mol. The normalized spacial score (nSPS) is 11.9. The van der Waals surface area contributed by atoms with Gasteiger partial charge in [0.15, 0.2) is 0 Å². The van der Waals surface area contributed by atoms with Gasteiger partial charge >= 0.3 is 5.97 Å². The van der Waals surface area contributed by atoms with E-state index in [0.717, 1.165) is 27.8 Å². The van der Waals surface area contributed by atoms with Crippen molar-refractivity contribution in [3.63, 3.8) is 0 Å². The van der Waals surface area contributed by atoms with Gasteiger partial charge in [-0.2, -0.15) is 0 Å². The number of benzene rings is 3. The molecule has 2 N–H and O–H groups in total. The van der Waals surface area contributed by atoms with Gasteiger partial charge in [-0.25, -0.2) is 14.8 Å². The van der Waals surface area contributed by atoms with Gasteiger partial charge in [-0.15, -0.1) is 0 Å². The van der Waals surface area contributed by atoms with Crippen molar-refractivity contribution < 1.29 is 14.6 Å². The molecule has 1 aromatic heterocycles. The summed E-state index contributed by atoms with van der Waals surface area (Å²) in [4.78, 5) is 20.5. The van der Waals surface area contributed by atoms with E-state index in [1.807, 2.05) is 19.1 Å². The van der Waals surface area contributed by atoms with E-state index in [0.29, 0.717) is 11.6 Å². The Kier molecular flexibility index (Phi) is 5.77. The summed E-state index contributed by atoms with van der Waals surface area (Å²) in [6.45, 7) is 6.05.